The van der Waals surface area contributed by atoms with Gasteiger partial charge in [0.05, 0.1) is 0 Å². The minimum Gasteiger partial charge on any atom is -0.317 e. The van der Waals surface area contributed by atoms with Crippen LogP contribution in [0.4, 0.5) is 0 Å². The summed E-state index contributed by atoms with van der Waals surface area (Å²) in [6.45, 7) is 17.4. The predicted octanol–water partition coefficient (Wildman–Crippen LogP) is 4.69. The van der Waals surface area contributed by atoms with Crippen LogP contribution in [-0.4, -0.2) is 37.6 Å². The standard InChI is InChI=1S/C9H21N.C8H19N/c1-4-7-10(8-5-2)9-6-3;1-3-5-7-9-8-6-4-2/h4-9H2,1-3H3;9H,3-8H2,1-2H3. The third-order valence-corrected chi connectivity index (χ3v) is 3.03. The van der Waals surface area contributed by atoms with Crippen molar-refractivity contribution in [1.29, 1.82) is 0 Å². The minimum absolute atomic E-state index is 1.20. The van der Waals surface area contributed by atoms with E-state index in [-0.39, 0.29) is 0 Å². The smallest absolute Gasteiger partial charge is 0.00214 e. The van der Waals surface area contributed by atoms with Crippen molar-refractivity contribution in [3.8, 4) is 0 Å². The monoisotopic (exact) mass is 272 g/mol. The van der Waals surface area contributed by atoms with Gasteiger partial charge >= 0.3 is 0 Å². The molecule has 2 heteroatoms. The first kappa shape index (κ1) is 21.2. The molecule has 118 valence electrons. The Morgan fingerprint density at radius 2 is 0.947 bits per heavy atom. The summed E-state index contributed by atoms with van der Waals surface area (Å²) in [6, 6.07) is 0. The van der Waals surface area contributed by atoms with E-state index < -0.39 is 0 Å². The molecule has 0 saturated heterocycles. The second-order valence-corrected chi connectivity index (χ2v) is 5.30. The molecule has 0 rings (SSSR count). The SMILES string of the molecule is CCCCNCCCC.CCCN(CCC)CCC. The van der Waals surface area contributed by atoms with E-state index in [0.29, 0.717) is 0 Å². The summed E-state index contributed by atoms with van der Waals surface area (Å²) >= 11 is 0. The molecule has 0 radical (unpaired) electrons. The Morgan fingerprint density at radius 1 is 0.579 bits per heavy atom. The summed E-state index contributed by atoms with van der Waals surface area (Å²) in [4.78, 5) is 2.54. The van der Waals surface area contributed by atoms with Gasteiger partial charge < -0.3 is 10.2 Å². The molecule has 0 bridgehead atoms. The van der Waals surface area contributed by atoms with Crippen LogP contribution in [0.15, 0.2) is 0 Å². The van der Waals surface area contributed by atoms with Crippen molar-refractivity contribution >= 4 is 0 Å². The van der Waals surface area contributed by atoms with Crippen molar-refractivity contribution in [3.05, 3.63) is 0 Å². The molecule has 0 aromatic heterocycles. The summed E-state index contributed by atoms with van der Waals surface area (Å²) in [6.07, 6.45) is 9.13. The van der Waals surface area contributed by atoms with Crippen molar-refractivity contribution in [2.75, 3.05) is 32.7 Å². The van der Waals surface area contributed by atoms with Crippen molar-refractivity contribution in [1.82, 2.24) is 10.2 Å². The number of hydrogen-bond acceptors (Lipinski definition) is 2. The highest BCUT2D eigenvalue weighted by Crippen LogP contribution is 1.94. The molecule has 0 amide bonds. The van der Waals surface area contributed by atoms with E-state index in [1.54, 1.807) is 0 Å². The lowest BCUT2D eigenvalue weighted by Gasteiger charge is -2.19. The van der Waals surface area contributed by atoms with E-state index in [1.165, 1.54) is 77.7 Å². The van der Waals surface area contributed by atoms with Crippen LogP contribution < -0.4 is 5.32 Å². The second-order valence-electron chi connectivity index (χ2n) is 5.30. The van der Waals surface area contributed by atoms with Crippen LogP contribution in [0, 0.1) is 0 Å². The summed E-state index contributed by atoms with van der Waals surface area (Å²) in [7, 11) is 0. The molecule has 0 aromatic rings. The van der Waals surface area contributed by atoms with Gasteiger partial charge in [0.1, 0.15) is 0 Å². The maximum Gasteiger partial charge on any atom is -0.00214 e. The average Bonchev–Trinajstić information content (AvgIpc) is 2.40. The second kappa shape index (κ2) is 20.2. The molecule has 19 heavy (non-hydrogen) atoms. The molecule has 0 aliphatic rings. The molecule has 2 nitrogen and oxygen atoms in total. The minimum atomic E-state index is 1.20. The molecule has 0 spiro atoms. The summed E-state index contributed by atoms with van der Waals surface area (Å²) < 4.78 is 0. The molecule has 0 aliphatic carbocycles. The first-order valence-corrected chi connectivity index (χ1v) is 8.69. The Labute approximate surface area is 123 Å². The molecule has 1 N–H and O–H groups in total. The van der Waals surface area contributed by atoms with Gasteiger partial charge in [0, 0.05) is 0 Å². The normalized spacial score (nSPS) is 10.4. The van der Waals surface area contributed by atoms with Crippen LogP contribution in [0.3, 0.4) is 0 Å². The zero-order chi connectivity index (χ0) is 14.8. The van der Waals surface area contributed by atoms with Gasteiger partial charge in [-0.2, -0.15) is 0 Å². The van der Waals surface area contributed by atoms with Crippen molar-refractivity contribution in [2.24, 2.45) is 0 Å². The van der Waals surface area contributed by atoms with Gasteiger partial charge in [-0.25, -0.2) is 0 Å². The quantitative estimate of drug-likeness (QED) is 0.518. The fourth-order valence-corrected chi connectivity index (χ4v) is 2.01. The first-order chi connectivity index (χ1) is 9.26. The molecule has 0 fully saturated rings. The van der Waals surface area contributed by atoms with Crippen molar-refractivity contribution in [2.45, 2.75) is 79.6 Å². The highest BCUT2D eigenvalue weighted by molar-refractivity contribution is 4.53. The van der Waals surface area contributed by atoms with E-state index in [4.69, 9.17) is 0 Å². The summed E-state index contributed by atoms with van der Waals surface area (Å²) in [5, 5.41) is 3.39. The Bertz CT molecular complexity index is 117. The predicted molar refractivity (Wildman–Crippen MR) is 90.0 cm³/mol. The largest absolute Gasteiger partial charge is 0.317 e. The Balaban J connectivity index is 0. The number of nitrogens with one attached hydrogen (secondary N) is 1. The molecule has 0 unspecified atom stereocenters. The zero-order valence-electron chi connectivity index (χ0n) is 14.4. The lowest BCUT2D eigenvalue weighted by Crippen LogP contribution is -2.25. The van der Waals surface area contributed by atoms with Crippen molar-refractivity contribution in [3.63, 3.8) is 0 Å². The Hall–Kier alpha value is -0.0800. The summed E-state index contributed by atoms with van der Waals surface area (Å²) in [5.41, 5.74) is 0. The fourth-order valence-electron chi connectivity index (χ4n) is 2.01. The van der Waals surface area contributed by atoms with E-state index >= 15 is 0 Å². The van der Waals surface area contributed by atoms with E-state index in [9.17, 15) is 0 Å². The number of hydrogen-bond donors (Lipinski definition) is 1. The third kappa shape index (κ3) is 20.4. The highest BCUT2D eigenvalue weighted by atomic mass is 15.1. The first-order valence-electron chi connectivity index (χ1n) is 8.69. The highest BCUT2D eigenvalue weighted by Gasteiger charge is 1.98. The van der Waals surface area contributed by atoms with E-state index in [0.717, 1.165) is 0 Å². The van der Waals surface area contributed by atoms with E-state index in [2.05, 4.69) is 44.8 Å². The molecular weight excluding hydrogens is 232 g/mol. The number of unbranched alkanes of at least 4 members (excludes halogenated alkanes) is 2. The summed E-state index contributed by atoms with van der Waals surface area (Å²) in [5.74, 6) is 0. The number of rotatable bonds is 12. The average molecular weight is 273 g/mol. The molecule has 0 aliphatic heterocycles. The van der Waals surface area contributed by atoms with Crippen LogP contribution in [0.2, 0.25) is 0 Å². The molecular formula is C17H40N2. The molecule has 0 heterocycles. The molecule has 0 aromatic carbocycles. The van der Waals surface area contributed by atoms with Crippen molar-refractivity contribution < 1.29 is 0 Å². The van der Waals surface area contributed by atoms with Crippen LogP contribution >= 0.6 is 0 Å². The van der Waals surface area contributed by atoms with E-state index in [1.807, 2.05) is 0 Å². The van der Waals surface area contributed by atoms with Gasteiger partial charge in [0.15, 0.2) is 0 Å². The lowest BCUT2D eigenvalue weighted by molar-refractivity contribution is 0.275. The Morgan fingerprint density at radius 3 is 1.21 bits per heavy atom. The molecule has 0 atom stereocenters. The van der Waals surface area contributed by atoms with Crippen LogP contribution in [0.25, 0.3) is 0 Å². The topological polar surface area (TPSA) is 15.3 Å². The zero-order valence-corrected chi connectivity index (χ0v) is 14.4. The fraction of sp³-hybridized carbons (Fsp3) is 1.00. The number of nitrogens with zero attached hydrogens (tertiary/aromatic N) is 1. The maximum atomic E-state index is 3.39. The Kier molecular flexibility index (Phi) is 22.6. The van der Waals surface area contributed by atoms with Gasteiger partial charge in [-0.15, -0.1) is 0 Å². The van der Waals surface area contributed by atoms with Crippen LogP contribution in [-0.2, 0) is 0 Å². The van der Waals surface area contributed by atoms with Gasteiger partial charge in [0.2, 0.25) is 0 Å². The maximum absolute atomic E-state index is 3.39. The lowest BCUT2D eigenvalue weighted by atomic mass is 10.3. The molecule has 0 saturated carbocycles. The van der Waals surface area contributed by atoms with Gasteiger partial charge in [-0.05, 0) is 64.8 Å². The van der Waals surface area contributed by atoms with Gasteiger partial charge in [-0.3, -0.25) is 0 Å². The van der Waals surface area contributed by atoms with Crippen LogP contribution in [0.1, 0.15) is 79.6 Å². The van der Waals surface area contributed by atoms with Gasteiger partial charge in [0.25, 0.3) is 0 Å². The third-order valence-electron chi connectivity index (χ3n) is 3.03. The van der Waals surface area contributed by atoms with Gasteiger partial charge in [-0.1, -0.05) is 47.5 Å². The van der Waals surface area contributed by atoms with Crippen LogP contribution in [0.5, 0.6) is 0 Å².